The van der Waals surface area contributed by atoms with Gasteiger partial charge in [-0.25, -0.2) is 8.42 Å². The van der Waals surface area contributed by atoms with Crippen LogP contribution in [0.4, 0.5) is 0 Å². The molecule has 2 unspecified atom stereocenters. The first-order chi connectivity index (χ1) is 9.84. The number of sulfonamides is 1. The number of aromatic nitrogens is 2. The highest BCUT2D eigenvalue weighted by Crippen LogP contribution is 2.29. The Morgan fingerprint density at radius 3 is 2.90 bits per heavy atom. The van der Waals surface area contributed by atoms with E-state index >= 15 is 0 Å². The molecule has 0 spiro atoms. The van der Waals surface area contributed by atoms with Crippen LogP contribution in [0, 0.1) is 0 Å². The maximum Gasteiger partial charge on any atom is 0.260 e. The second-order valence-corrected chi connectivity index (χ2v) is 9.00. The molecule has 2 N–H and O–H groups in total. The molecule has 2 atom stereocenters. The van der Waals surface area contributed by atoms with Gasteiger partial charge in [0.25, 0.3) is 10.0 Å². The number of nitrogens with one attached hydrogen (secondary N) is 2. The molecule has 0 aliphatic carbocycles. The third kappa shape index (κ3) is 3.61. The molecule has 21 heavy (non-hydrogen) atoms. The Balaban J connectivity index is 2.25. The maximum absolute atomic E-state index is 12.9. The van der Waals surface area contributed by atoms with E-state index in [4.69, 9.17) is 0 Å². The first-order valence-electron chi connectivity index (χ1n) is 7.23. The van der Waals surface area contributed by atoms with Gasteiger partial charge in [0.1, 0.15) is 0 Å². The van der Waals surface area contributed by atoms with Crippen LogP contribution in [-0.2, 0) is 16.6 Å². The van der Waals surface area contributed by atoms with E-state index in [9.17, 15) is 8.42 Å². The summed E-state index contributed by atoms with van der Waals surface area (Å²) in [5.41, 5.74) is 0.696. The van der Waals surface area contributed by atoms with Crippen molar-refractivity contribution in [1.82, 2.24) is 19.8 Å². The summed E-state index contributed by atoms with van der Waals surface area (Å²) in [5.74, 6) is 0.832. The van der Waals surface area contributed by atoms with Gasteiger partial charge in [0.05, 0.1) is 6.20 Å². The molecule has 1 saturated heterocycles. The van der Waals surface area contributed by atoms with Crippen LogP contribution in [0.3, 0.4) is 0 Å². The molecule has 120 valence electrons. The smallest absolute Gasteiger partial charge is 0.260 e. The molecule has 6 nitrogen and oxygen atoms in total. The Labute approximate surface area is 131 Å². The molecule has 2 rings (SSSR count). The number of hydrogen-bond acceptors (Lipinski definition) is 5. The Morgan fingerprint density at radius 2 is 2.24 bits per heavy atom. The second kappa shape index (κ2) is 6.68. The van der Waals surface area contributed by atoms with Gasteiger partial charge in [-0.15, -0.1) is 0 Å². The molecule has 1 fully saturated rings. The second-order valence-electron chi connectivity index (χ2n) is 5.69. The minimum atomic E-state index is -3.52. The third-order valence-corrected chi connectivity index (χ3v) is 7.11. The van der Waals surface area contributed by atoms with Gasteiger partial charge in [-0.3, -0.25) is 5.10 Å². The van der Waals surface area contributed by atoms with Gasteiger partial charge >= 0.3 is 0 Å². The molecule has 0 saturated carbocycles. The standard InChI is InChI=1S/C13H24N4O2S2/c1-9(2)14-7-12-8-15-16-13(12)21(18,19)17-5-6-20-11(4)10(17)3/h8-11,14H,5-7H2,1-4H3,(H,15,16). The minimum Gasteiger partial charge on any atom is -0.310 e. The maximum atomic E-state index is 12.9. The van der Waals surface area contributed by atoms with Gasteiger partial charge in [-0.1, -0.05) is 20.8 Å². The normalized spacial score (nSPS) is 24.6. The first-order valence-corrected chi connectivity index (χ1v) is 9.72. The van der Waals surface area contributed by atoms with Crippen LogP contribution in [0.5, 0.6) is 0 Å². The van der Waals surface area contributed by atoms with Crippen molar-refractivity contribution in [3.05, 3.63) is 11.8 Å². The molecule has 1 aliphatic heterocycles. The molecule has 8 heteroatoms. The largest absolute Gasteiger partial charge is 0.310 e. The minimum absolute atomic E-state index is 0.0112. The lowest BCUT2D eigenvalue weighted by Crippen LogP contribution is -2.48. The van der Waals surface area contributed by atoms with Gasteiger partial charge < -0.3 is 5.32 Å². The van der Waals surface area contributed by atoms with Crippen molar-refractivity contribution in [1.29, 1.82) is 0 Å². The molecular formula is C13H24N4O2S2. The van der Waals surface area contributed by atoms with Gasteiger partial charge in [0.2, 0.25) is 0 Å². The lowest BCUT2D eigenvalue weighted by atomic mass is 10.2. The van der Waals surface area contributed by atoms with E-state index in [0.29, 0.717) is 29.9 Å². The van der Waals surface area contributed by atoms with Gasteiger partial charge in [-0.2, -0.15) is 21.2 Å². The third-order valence-electron chi connectivity index (χ3n) is 3.77. The molecule has 0 amide bonds. The van der Waals surface area contributed by atoms with Crippen LogP contribution in [0.1, 0.15) is 33.3 Å². The summed E-state index contributed by atoms with van der Waals surface area (Å²) in [4.78, 5) is 0. The lowest BCUT2D eigenvalue weighted by molar-refractivity contribution is 0.338. The van der Waals surface area contributed by atoms with Crippen LogP contribution in [0.15, 0.2) is 11.2 Å². The number of rotatable bonds is 5. The molecule has 0 aromatic carbocycles. The van der Waals surface area contributed by atoms with E-state index in [1.165, 1.54) is 0 Å². The lowest BCUT2D eigenvalue weighted by Gasteiger charge is -2.36. The van der Waals surface area contributed by atoms with E-state index in [2.05, 4.69) is 22.4 Å². The Hall–Kier alpha value is -0.570. The topological polar surface area (TPSA) is 78.1 Å². The van der Waals surface area contributed by atoms with E-state index in [1.54, 1.807) is 10.5 Å². The highest BCUT2D eigenvalue weighted by Gasteiger charge is 2.36. The van der Waals surface area contributed by atoms with Crippen LogP contribution in [0.25, 0.3) is 0 Å². The summed E-state index contributed by atoms with van der Waals surface area (Å²) in [5, 5.41) is 10.4. The van der Waals surface area contributed by atoms with Crippen molar-refractivity contribution in [2.45, 2.75) is 56.6 Å². The van der Waals surface area contributed by atoms with Gasteiger partial charge in [0.15, 0.2) is 5.03 Å². The highest BCUT2D eigenvalue weighted by atomic mass is 32.2. The van der Waals surface area contributed by atoms with E-state index in [1.807, 2.05) is 32.5 Å². The summed E-state index contributed by atoms with van der Waals surface area (Å²) in [6, 6.07) is 0.281. The molecule has 1 aromatic rings. The number of hydrogen-bond donors (Lipinski definition) is 2. The van der Waals surface area contributed by atoms with Gasteiger partial charge in [-0.05, 0) is 6.92 Å². The number of thioether (sulfide) groups is 1. The zero-order valence-corrected chi connectivity index (χ0v) is 14.6. The SMILES string of the molecule is CC(C)NCc1cn[nH]c1S(=O)(=O)N1CCSC(C)C1C. The average Bonchev–Trinajstić information content (AvgIpc) is 2.88. The fraction of sp³-hybridized carbons (Fsp3) is 0.769. The zero-order chi connectivity index (χ0) is 15.6. The Bertz CT molecular complexity index is 570. The van der Waals surface area contributed by atoms with E-state index in [-0.39, 0.29) is 11.1 Å². The van der Waals surface area contributed by atoms with Crippen LogP contribution < -0.4 is 5.32 Å². The molecular weight excluding hydrogens is 308 g/mol. The van der Waals surface area contributed by atoms with E-state index < -0.39 is 10.0 Å². The van der Waals surface area contributed by atoms with Gasteiger partial charge in [0, 0.05) is 41.7 Å². The predicted octanol–water partition coefficient (Wildman–Crippen LogP) is 1.42. The van der Waals surface area contributed by atoms with Crippen molar-refractivity contribution in [2.75, 3.05) is 12.3 Å². The molecule has 0 bridgehead atoms. The molecule has 0 radical (unpaired) electrons. The van der Waals surface area contributed by atoms with Crippen molar-refractivity contribution in [3.63, 3.8) is 0 Å². The summed E-state index contributed by atoms with van der Waals surface area (Å²) < 4.78 is 27.4. The Morgan fingerprint density at radius 1 is 1.52 bits per heavy atom. The summed E-state index contributed by atoms with van der Waals surface area (Å²) in [7, 11) is -3.52. The first kappa shape index (κ1) is 16.8. The van der Waals surface area contributed by atoms with Crippen LogP contribution >= 0.6 is 11.8 Å². The molecule has 2 heterocycles. The summed E-state index contributed by atoms with van der Waals surface area (Å²) in [6.07, 6.45) is 1.59. The average molecular weight is 332 g/mol. The fourth-order valence-corrected chi connectivity index (χ4v) is 5.43. The number of H-pyrrole nitrogens is 1. The van der Waals surface area contributed by atoms with Crippen molar-refractivity contribution < 1.29 is 8.42 Å². The molecule has 1 aliphatic rings. The monoisotopic (exact) mass is 332 g/mol. The van der Waals surface area contributed by atoms with Crippen molar-refractivity contribution >= 4 is 21.8 Å². The van der Waals surface area contributed by atoms with E-state index in [0.717, 1.165) is 5.75 Å². The number of nitrogens with zero attached hydrogens (tertiary/aromatic N) is 2. The van der Waals surface area contributed by atoms with Crippen molar-refractivity contribution in [2.24, 2.45) is 0 Å². The molecule has 1 aromatic heterocycles. The van der Waals surface area contributed by atoms with Crippen LogP contribution in [0.2, 0.25) is 0 Å². The number of aromatic amines is 1. The highest BCUT2D eigenvalue weighted by molar-refractivity contribution is 8.00. The summed E-state index contributed by atoms with van der Waals surface area (Å²) >= 11 is 1.82. The fourth-order valence-electron chi connectivity index (χ4n) is 2.32. The zero-order valence-electron chi connectivity index (χ0n) is 13.0. The van der Waals surface area contributed by atoms with Crippen molar-refractivity contribution in [3.8, 4) is 0 Å². The Kier molecular flexibility index (Phi) is 5.34. The van der Waals surface area contributed by atoms with Crippen LogP contribution in [-0.4, -0.2) is 52.6 Å². The predicted molar refractivity (Wildman–Crippen MR) is 85.8 cm³/mol. The quantitative estimate of drug-likeness (QED) is 0.853. The summed E-state index contributed by atoms with van der Waals surface area (Å²) in [6.45, 7) is 9.14.